The van der Waals surface area contributed by atoms with Crippen LogP contribution in [0.1, 0.15) is 27.2 Å². The minimum absolute atomic E-state index is 0.0895. The highest BCUT2D eigenvalue weighted by molar-refractivity contribution is 6.08. The number of ketones is 1. The van der Waals surface area contributed by atoms with Crippen LogP contribution in [0.5, 0.6) is 0 Å². The predicted octanol–water partition coefficient (Wildman–Crippen LogP) is 3.78. The van der Waals surface area contributed by atoms with Crippen LogP contribution in [0.25, 0.3) is 0 Å². The number of halogens is 4. The van der Waals surface area contributed by atoms with E-state index < -0.39 is 23.3 Å². The highest BCUT2D eigenvalue weighted by Crippen LogP contribution is 2.31. The van der Waals surface area contributed by atoms with E-state index in [0.29, 0.717) is 17.7 Å². The van der Waals surface area contributed by atoms with Gasteiger partial charge in [-0.2, -0.15) is 13.2 Å². The third-order valence-corrected chi connectivity index (χ3v) is 2.76. The summed E-state index contributed by atoms with van der Waals surface area (Å²) in [5.41, 5.74) is -0.909. The van der Waals surface area contributed by atoms with Crippen molar-refractivity contribution in [2.75, 3.05) is 0 Å². The largest absolute Gasteiger partial charge is 0.419 e. The molecule has 0 saturated carbocycles. The number of aryl methyl sites for hydroxylation is 1. The van der Waals surface area contributed by atoms with E-state index in [4.69, 9.17) is 0 Å². The van der Waals surface area contributed by atoms with Crippen LogP contribution >= 0.6 is 0 Å². The number of hydrogen-bond acceptors (Lipinski definition) is 2. The first-order chi connectivity index (χ1) is 9.30. The van der Waals surface area contributed by atoms with Crippen LogP contribution in [-0.2, 0) is 6.18 Å². The summed E-state index contributed by atoms with van der Waals surface area (Å²) >= 11 is 0. The van der Waals surface area contributed by atoms with Crippen molar-refractivity contribution in [3.8, 4) is 0 Å². The third-order valence-electron chi connectivity index (χ3n) is 2.76. The Labute approximate surface area is 112 Å². The number of rotatable bonds is 2. The van der Waals surface area contributed by atoms with Gasteiger partial charge in [0.2, 0.25) is 5.78 Å². The van der Waals surface area contributed by atoms with E-state index in [1.807, 2.05) is 0 Å². The molecule has 0 saturated heterocycles. The molecular formula is C14H9F4NO. The van der Waals surface area contributed by atoms with E-state index >= 15 is 0 Å². The maximum absolute atomic E-state index is 13.4. The lowest BCUT2D eigenvalue weighted by Gasteiger charge is -2.09. The molecule has 1 heterocycles. The first-order valence-corrected chi connectivity index (χ1v) is 5.64. The third kappa shape index (κ3) is 2.68. The molecule has 2 rings (SSSR count). The Morgan fingerprint density at radius 3 is 2.45 bits per heavy atom. The first kappa shape index (κ1) is 14.2. The number of nitrogens with zero attached hydrogens (tertiary/aromatic N) is 1. The van der Waals surface area contributed by atoms with Crippen LogP contribution in [0.2, 0.25) is 0 Å². The fourth-order valence-electron chi connectivity index (χ4n) is 1.75. The summed E-state index contributed by atoms with van der Waals surface area (Å²) in [6.45, 7) is 1.64. The lowest BCUT2D eigenvalue weighted by atomic mass is 10.0. The Bertz CT molecular complexity index is 664. The van der Waals surface area contributed by atoms with E-state index in [0.717, 1.165) is 6.07 Å². The normalized spacial score (nSPS) is 11.4. The van der Waals surface area contributed by atoms with Gasteiger partial charge in [-0.1, -0.05) is 12.1 Å². The fraction of sp³-hybridized carbons (Fsp3) is 0.143. The lowest BCUT2D eigenvalue weighted by molar-refractivity contribution is -0.140. The van der Waals surface area contributed by atoms with Crippen LogP contribution in [0.15, 0.2) is 36.5 Å². The van der Waals surface area contributed by atoms with Gasteiger partial charge in [-0.05, 0) is 30.7 Å². The monoisotopic (exact) mass is 283 g/mol. The minimum Gasteiger partial charge on any atom is -0.287 e. The summed E-state index contributed by atoms with van der Waals surface area (Å²) in [5.74, 6) is -2.09. The predicted molar refractivity (Wildman–Crippen MR) is 63.8 cm³/mol. The molecular weight excluding hydrogens is 274 g/mol. The summed E-state index contributed by atoms with van der Waals surface area (Å²) in [5, 5.41) is 0. The molecule has 1 aromatic carbocycles. The minimum atomic E-state index is -4.79. The number of pyridine rings is 1. The van der Waals surface area contributed by atoms with Gasteiger partial charge in [0.05, 0.1) is 5.56 Å². The van der Waals surface area contributed by atoms with Crippen molar-refractivity contribution in [2.24, 2.45) is 0 Å². The molecule has 20 heavy (non-hydrogen) atoms. The van der Waals surface area contributed by atoms with Gasteiger partial charge in [0.25, 0.3) is 0 Å². The Morgan fingerprint density at radius 1 is 1.20 bits per heavy atom. The molecule has 0 unspecified atom stereocenters. The van der Waals surface area contributed by atoms with Crippen molar-refractivity contribution in [1.29, 1.82) is 0 Å². The van der Waals surface area contributed by atoms with Crippen molar-refractivity contribution in [1.82, 2.24) is 4.98 Å². The average Bonchev–Trinajstić information content (AvgIpc) is 2.37. The van der Waals surface area contributed by atoms with Crippen LogP contribution in [0.4, 0.5) is 17.6 Å². The van der Waals surface area contributed by atoms with Crippen LogP contribution in [-0.4, -0.2) is 10.8 Å². The Kier molecular flexibility index (Phi) is 3.57. The van der Waals surface area contributed by atoms with Crippen molar-refractivity contribution in [3.05, 3.63) is 64.7 Å². The highest BCUT2D eigenvalue weighted by Gasteiger charge is 2.34. The molecule has 0 aliphatic carbocycles. The zero-order valence-corrected chi connectivity index (χ0v) is 10.3. The number of carbonyl (C=O) groups is 1. The second-order valence-electron chi connectivity index (χ2n) is 4.19. The number of carbonyl (C=O) groups excluding carboxylic acids is 1. The molecule has 2 aromatic rings. The summed E-state index contributed by atoms with van der Waals surface area (Å²) < 4.78 is 50.7. The smallest absolute Gasteiger partial charge is 0.287 e. The number of hydrogen-bond donors (Lipinski definition) is 0. The van der Waals surface area contributed by atoms with Gasteiger partial charge in [0.15, 0.2) is 0 Å². The van der Waals surface area contributed by atoms with Gasteiger partial charge in [-0.15, -0.1) is 0 Å². The van der Waals surface area contributed by atoms with Crippen LogP contribution in [0.3, 0.4) is 0 Å². The zero-order valence-electron chi connectivity index (χ0n) is 10.3. The first-order valence-electron chi connectivity index (χ1n) is 5.64. The molecule has 0 spiro atoms. The maximum Gasteiger partial charge on any atom is 0.419 e. The molecule has 0 aliphatic heterocycles. The van der Waals surface area contributed by atoms with E-state index in [9.17, 15) is 22.4 Å². The molecule has 0 fully saturated rings. The summed E-state index contributed by atoms with van der Waals surface area (Å²) in [4.78, 5) is 15.9. The van der Waals surface area contributed by atoms with E-state index in [1.165, 1.54) is 6.20 Å². The number of aromatic nitrogens is 1. The molecule has 0 aliphatic rings. The topological polar surface area (TPSA) is 30.0 Å². The maximum atomic E-state index is 13.4. The molecule has 0 amide bonds. The average molecular weight is 283 g/mol. The SMILES string of the molecule is Cc1cccnc1C(=O)c1ccc(C(F)(F)F)c(F)c1. The van der Waals surface area contributed by atoms with Gasteiger partial charge in [-0.3, -0.25) is 9.78 Å². The van der Waals surface area contributed by atoms with Crippen LogP contribution < -0.4 is 0 Å². The van der Waals surface area contributed by atoms with Gasteiger partial charge in [0, 0.05) is 11.8 Å². The molecule has 6 heteroatoms. The van der Waals surface area contributed by atoms with Crippen molar-refractivity contribution >= 4 is 5.78 Å². The summed E-state index contributed by atoms with van der Waals surface area (Å²) in [6.07, 6.45) is -3.40. The molecule has 0 bridgehead atoms. The van der Waals surface area contributed by atoms with Gasteiger partial charge in [0.1, 0.15) is 11.5 Å². The van der Waals surface area contributed by atoms with Crippen molar-refractivity contribution in [2.45, 2.75) is 13.1 Å². The zero-order chi connectivity index (χ0) is 14.9. The Morgan fingerprint density at radius 2 is 1.90 bits per heavy atom. The molecule has 104 valence electrons. The van der Waals surface area contributed by atoms with Gasteiger partial charge < -0.3 is 0 Å². The Balaban J connectivity index is 2.43. The molecule has 0 atom stereocenters. The fourth-order valence-corrected chi connectivity index (χ4v) is 1.75. The number of alkyl halides is 3. The van der Waals surface area contributed by atoms with E-state index in [1.54, 1.807) is 19.1 Å². The van der Waals surface area contributed by atoms with Crippen LogP contribution in [0, 0.1) is 12.7 Å². The molecule has 1 aromatic heterocycles. The van der Waals surface area contributed by atoms with Crippen molar-refractivity contribution < 1.29 is 22.4 Å². The second kappa shape index (κ2) is 5.03. The Hall–Kier alpha value is -2.24. The van der Waals surface area contributed by atoms with Crippen molar-refractivity contribution in [3.63, 3.8) is 0 Å². The van der Waals surface area contributed by atoms with Gasteiger partial charge in [-0.25, -0.2) is 4.39 Å². The quantitative estimate of drug-likeness (QED) is 0.620. The second-order valence-corrected chi connectivity index (χ2v) is 4.19. The van der Waals surface area contributed by atoms with Gasteiger partial charge >= 0.3 is 6.18 Å². The highest BCUT2D eigenvalue weighted by atomic mass is 19.4. The molecule has 2 nitrogen and oxygen atoms in total. The summed E-state index contributed by atoms with van der Waals surface area (Å²) in [6, 6.07) is 5.35. The molecule has 0 N–H and O–H groups in total. The standard InChI is InChI=1S/C14H9F4NO/c1-8-3-2-6-19-12(8)13(20)9-4-5-10(11(15)7-9)14(16,17)18/h2-7H,1H3. The molecule has 0 radical (unpaired) electrons. The van der Waals surface area contributed by atoms with E-state index in [-0.39, 0.29) is 11.3 Å². The summed E-state index contributed by atoms with van der Waals surface area (Å²) in [7, 11) is 0. The lowest BCUT2D eigenvalue weighted by Crippen LogP contribution is -2.11. The van der Waals surface area contributed by atoms with E-state index in [2.05, 4.69) is 4.98 Å². The number of benzene rings is 1.